The number of piperidine rings is 1. The number of aromatic nitrogens is 1. The highest BCUT2D eigenvalue weighted by Crippen LogP contribution is 2.34. The molecule has 1 unspecified atom stereocenters. The fraction of sp³-hybridized carbons (Fsp3) is 0.333. The number of para-hydroxylation sites is 1. The van der Waals surface area contributed by atoms with Crippen molar-refractivity contribution in [2.45, 2.75) is 25.3 Å². The quantitative estimate of drug-likeness (QED) is 0.712. The van der Waals surface area contributed by atoms with E-state index in [2.05, 4.69) is 23.5 Å². The van der Waals surface area contributed by atoms with Gasteiger partial charge in [0.05, 0.1) is 16.8 Å². The summed E-state index contributed by atoms with van der Waals surface area (Å²) in [4.78, 5) is 18.9. The molecular formula is C21H22N3O3S+. The first-order chi connectivity index (χ1) is 13.8. The maximum Gasteiger partial charge on any atom is 0.279 e. The number of benzene rings is 2. The van der Waals surface area contributed by atoms with Crippen molar-refractivity contribution >= 4 is 33.1 Å². The van der Waals surface area contributed by atoms with E-state index < -0.39 is 0 Å². The van der Waals surface area contributed by atoms with Gasteiger partial charge in [-0.2, -0.15) is 0 Å². The lowest BCUT2D eigenvalue weighted by atomic mass is 10.0. The Morgan fingerprint density at radius 1 is 1.18 bits per heavy atom. The molecule has 2 N–H and O–H groups in total. The van der Waals surface area contributed by atoms with Gasteiger partial charge in [-0.1, -0.05) is 12.1 Å². The van der Waals surface area contributed by atoms with E-state index in [0.29, 0.717) is 12.3 Å². The van der Waals surface area contributed by atoms with Gasteiger partial charge in [-0.3, -0.25) is 4.79 Å². The maximum atomic E-state index is 12.7. The normalized spacial score (nSPS) is 21.0. The second-order valence-electron chi connectivity index (χ2n) is 7.27. The number of carbonyl (C=O) groups is 1. The molecule has 2 atom stereocenters. The van der Waals surface area contributed by atoms with Crippen molar-refractivity contribution in [3.8, 4) is 11.5 Å². The first kappa shape index (κ1) is 17.5. The third-order valence-electron chi connectivity index (χ3n) is 5.39. The number of fused-ring (bicyclic) bond motifs is 2. The Kier molecular flexibility index (Phi) is 4.62. The Morgan fingerprint density at radius 2 is 2.07 bits per heavy atom. The lowest BCUT2D eigenvalue weighted by molar-refractivity contribution is -0.929. The highest BCUT2D eigenvalue weighted by Gasteiger charge is 2.32. The van der Waals surface area contributed by atoms with Gasteiger partial charge in [0, 0.05) is 18.2 Å². The minimum Gasteiger partial charge on any atom is -0.454 e. The summed E-state index contributed by atoms with van der Waals surface area (Å²) < 4.78 is 11.9. The summed E-state index contributed by atoms with van der Waals surface area (Å²) in [6, 6.07) is 14.0. The number of rotatable bonds is 4. The summed E-state index contributed by atoms with van der Waals surface area (Å²) in [7, 11) is 0. The zero-order valence-electron chi connectivity index (χ0n) is 15.4. The van der Waals surface area contributed by atoms with Crippen molar-refractivity contribution < 1.29 is 19.2 Å². The Labute approximate surface area is 167 Å². The number of nitrogens with one attached hydrogen (secondary N) is 2. The number of carbonyl (C=O) groups excluding carboxylic acids is 1. The molecule has 1 amide bonds. The van der Waals surface area contributed by atoms with Crippen molar-refractivity contribution in [2.24, 2.45) is 0 Å². The zero-order valence-corrected chi connectivity index (χ0v) is 16.3. The number of quaternary nitrogens is 1. The SMILES string of the molecule is O=C(C[NH+]1CCCC[C@H]1c1nc2ccccc2s1)Nc1ccc2c(c1)OCO2. The second kappa shape index (κ2) is 7.41. The fourth-order valence-corrected chi connectivity index (χ4v) is 5.17. The van der Waals surface area contributed by atoms with Crippen LogP contribution in [0.15, 0.2) is 42.5 Å². The lowest BCUT2D eigenvalue weighted by Gasteiger charge is -2.30. The monoisotopic (exact) mass is 396 g/mol. The Morgan fingerprint density at radius 3 is 3.00 bits per heavy atom. The number of hydrogen-bond donors (Lipinski definition) is 2. The first-order valence-corrected chi connectivity index (χ1v) is 10.5. The number of nitrogens with zero attached hydrogens (tertiary/aromatic N) is 1. The maximum absolute atomic E-state index is 12.7. The molecule has 0 spiro atoms. The Bertz CT molecular complexity index is 986. The van der Waals surface area contributed by atoms with Crippen molar-refractivity contribution in [2.75, 3.05) is 25.2 Å². The number of likely N-dealkylation sites (tertiary alicyclic amines) is 1. The van der Waals surface area contributed by atoms with E-state index in [4.69, 9.17) is 14.5 Å². The molecule has 2 aliphatic rings. The summed E-state index contributed by atoms with van der Waals surface area (Å²) >= 11 is 1.76. The summed E-state index contributed by atoms with van der Waals surface area (Å²) in [5.74, 6) is 1.41. The van der Waals surface area contributed by atoms with Gasteiger partial charge in [-0.15, -0.1) is 11.3 Å². The molecule has 1 saturated heterocycles. The fourth-order valence-electron chi connectivity index (χ4n) is 4.01. The summed E-state index contributed by atoms with van der Waals surface area (Å²) in [6.07, 6.45) is 3.41. The highest BCUT2D eigenvalue weighted by atomic mass is 32.1. The van der Waals surface area contributed by atoms with Gasteiger partial charge >= 0.3 is 0 Å². The average Bonchev–Trinajstić information content (AvgIpc) is 3.34. The van der Waals surface area contributed by atoms with Crippen LogP contribution in [0.4, 0.5) is 5.69 Å². The lowest BCUT2D eigenvalue weighted by Crippen LogP contribution is -3.14. The molecule has 0 saturated carbocycles. The molecule has 2 aliphatic heterocycles. The predicted octanol–water partition coefficient (Wildman–Crippen LogP) is 2.77. The molecule has 1 fully saturated rings. The van der Waals surface area contributed by atoms with Crippen LogP contribution in [0.3, 0.4) is 0 Å². The standard InChI is InChI=1S/C21H21N3O3S/c25-20(22-14-8-9-17-18(11-14)27-13-26-17)12-24-10-4-3-6-16(24)21-23-15-5-1-2-7-19(15)28-21/h1-2,5,7-9,11,16H,3-4,6,10,12-13H2,(H,22,25)/p+1/t16-/m0/s1. The van der Waals surface area contributed by atoms with Gasteiger partial charge in [-0.25, -0.2) is 4.98 Å². The van der Waals surface area contributed by atoms with Gasteiger partial charge < -0.3 is 19.7 Å². The van der Waals surface area contributed by atoms with Crippen LogP contribution >= 0.6 is 11.3 Å². The number of ether oxygens (including phenoxy) is 2. The van der Waals surface area contributed by atoms with Crippen LogP contribution in [-0.4, -0.2) is 30.8 Å². The number of amides is 1. The predicted molar refractivity (Wildman–Crippen MR) is 108 cm³/mol. The molecule has 144 valence electrons. The van der Waals surface area contributed by atoms with Crippen molar-refractivity contribution in [1.82, 2.24) is 4.98 Å². The third kappa shape index (κ3) is 3.43. The van der Waals surface area contributed by atoms with E-state index in [-0.39, 0.29) is 18.7 Å². The molecular weight excluding hydrogens is 374 g/mol. The average molecular weight is 396 g/mol. The second-order valence-corrected chi connectivity index (χ2v) is 8.33. The molecule has 6 nitrogen and oxygen atoms in total. The smallest absolute Gasteiger partial charge is 0.279 e. The molecule has 2 aromatic carbocycles. The first-order valence-electron chi connectivity index (χ1n) is 9.66. The van der Waals surface area contributed by atoms with Crippen molar-refractivity contribution in [1.29, 1.82) is 0 Å². The van der Waals surface area contributed by atoms with Crippen LogP contribution in [0.2, 0.25) is 0 Å². The van der Waals surface area contributed by atoms with Crippen LogP contribution in [0.5, 0.6) is 11.5 Å². The number of thiazole rings is 1. The molecule has 5 rings (SSSR count). The molecule has 0 radical (unpaired) electrons. The van der Waals surface area contributed by atoms with Crippen molar-refractivity contribution in [3.63, 3.8) is 0 Å². The van der Waals surface area contributed by atoms with Gasteiger partial charge in [-0.05, 0) is 37.1 Å². The van der Waals surface area contributed by atoms with E-state index in [1.54, 1.807) is 11.3 Å². The minimum atomic E-state index is 0.0156. The molecule has 1 aromatic heterocycles. The summed E-state index contributed by atoms with van der Waals surface area (Å²) in [6.45, 7) is 1.67. The van der Waals surface area contributed by atoms with Crippen LogP contribution < -0.4 is 19.7 Å². The van der Waals surface area contributed by atoms with Gasteiger partial charge in [0.1, 0.15) is 6.04 Å². The molecule has 0 aliphatic carbocycles. The van der Waals surface area contributed by atoms with Crippen molar-refractivity contribution in [3.05, 3.63) is 47.5 Å². The van der Waals surface area contributed by atoms with E-state index in [1.165, 1.54) is 16.0 Å². The van der Waals surface area contributed by atoms with E-state index in [9.17, 15) is 4.79 Å². The van der Waals surface area contributed by atoms with E-state index in [1.807, 2.05) is 24.3 Å². The highest BCUT2D eigenvalue weighted by molar-refractivity contribution is 7.18. The van der Waals surface area contributed by atoms with Crippen LogP contribution in [-0.2, 0) is 4.79 Å². The van der Waals surface area contributed by atoms with Gasteiger partial charge in [0.2, 0.25) is 6.79 Å². The zero-order chi connectivity index (χ0) is 18.9. The van der Waals surface area contributed by atoms with Crippen LogP contribution in [0, 0.1) is 0 Å². The van der Waals surface area contributed by atoms with Crippen LogP contribution in [0.1, 0.15) is 30.3 Å². The third-order valence-corrected chi connectivity index (χ3v) is 6.54. The molecule has 7 heteroatoms. The van der Waals surface area contributed by atoms with Gasteiger partial charge in [0.25, 0.3) is 5.91 Å². The Balaban J connectivity index is 1.30. The Hall–Kier alpha value is -2.64. The number of anilines is 1. The number of hydrogen-bond acceptors (Lipinski definition) is 5. The largest absolute Gasteiger partial charge is 0.454 e. The van der Waals surface area contributed by atoms with E-state index >= 15 is 0 Å². The molecule has 0 bridgehead atoms. The molecule has 3 heterocycles. The van der Waals surface area contributed by atoms with Gasteiger partial charge in [0.15, 0.2) is 23.1 Å². The summed E-state index contributed by atoms with van der Waals surface area (Å²) in [5, 5.41) is 4.15. The summed E-state index contributed by atoms with van der Waals surface area (Å²) in [5.41, 5.74) is 1.79. The van der Waals surface area contributed by atoms with E-state index in [0.717, 1.165) is 41.3 Å². The minimum absolute atomic E-state index is 0.0156. The topological polar surface area (TPSA) is 64.9 Å². The van der Waals surface area contributed by atoms with Crippen LogP contribution in [0.25, 0.3) is 10.2 Å². The molecule has 3 aromatic rings. The molecule has 28 heavy (non-hydrogen) atoms.